The minimum absolute atomic E-state index is 0.0302. The smallest absolute Gasteiger partial charge is 0.325 e. The van der Waals surface area contributed by atoms with E-state index in [0.29, 0.717) is 31.9 Å². The van der Waals surface area contributed by atoms with Gasteiger partial charge < -0.3 is 15.4 Å². The molecule has 8 nitrogen and oxygen atoms in total. The highest BCUT2D eigenvalue weighted by molar-refractivity contribution is 6.05. The standard InChI is InChI=1S/C18H23FN4O4/c19-14-3-1-2-13(10-14)12-23-17(25)15(21-18(23)26)11-16(24)20-4-5-22-6-8-27-9-7-22/h1-3,10,15H,4-9,11-12H2,(H,20,24)(H,21,26)/t15-/m1/s1. The lowest BCUT2D eigenvalue weighted by Gasteiger charge is -2.26. The fourth-order valence-corrected chi connectivity index (χ4v) is 3.12. The van der Waals surface area contributed by atoms with Crippen LogP contribution in [0.5, 0.6) is 0 Å². The van der Waals surface area contributed by atoms with Gasteiger partial charge in [-0.25, -0.2) is 9.18 Å². The van der Waals surface area contributed by atoms with Crippen LogP contribution in [-0.2, 0) is 20.9 Å². The lowest BCUT2D eigenvalue weighted by Crippen LogP contribution is -2.42. The monoisotopic (exact) mass is 378 g/mol. The number of carbonyl (C=O) groups excluding carboxylic acids is 3. The Bertz CT molecular complexity index is 708. The molecule has 2 fully saturated rings. The third kappa shape index (κ3) is 5.24. The highest BCUT2D eigenvalue weighted by Crippen LogP contribution is 2.14. The average Bonchev–Trinajstić information content (AvgIpc) is 2.90. The van der Waals surface area contributed by atoms with Gasteiger partial charge in [0.2, 0.25) is 5.91 Å². The van der Waals surface area contributed by atoms with E-state index in [9.17, 15) is 18.8 Å². The number of nitrogens with zero attached hydrogens (tertiary/aromatic N) is 2. The zero-order chi connectivity index (χ0) is 19.2. The molecule has 2 aliphatic heterocycles. The number of hydrogen-bond donors (Lipinski definition) is 2. The summed E-state index contributed by atoms with van der Waals surface area (Å²) in [5, 5.41) is 5.29. The largest absolute Gasteiger partial charge is 0.379 e. The highest BCUT2D eigenvalue weighted by atomic mass is 19.1. The SMILES string of the molecule is O=C(C[C@H]1NC(=O)N(Cc2cccc(F)c2)C1=O)NCCN1CCOCC1. The van der Waals surface area contributed by atoms with Crippen LogP contribution in [0.15, 0.2) is 24.3 Å². The highest BCUT2D eigenvalue weighted by Gasteiger charge is 2.38. The van der Waals surface area contributed by atoms with Crippen molar-refractivity contribution in [1.29, 1.82) is 0 Å². The number of nitrogens with one attached hydrogen (secondary N) is 2. The summed E-state index contributed by atoms with van der Waals surface area (Å²) in [6, 6.07) is 4.24. The number of rotatable bonds is 7. The summed E-state index contributed by atoms with van der Waals surface area (Å²) in [6.07, 6.45) is -0.118. The molecule has 0 unspecified atom stereocenters. The number of ether oxygens (including phenoxy) is 1. The molecule has 0 radical (unpaired) electrons. The van der Waals surface area contributed by atoms with Crippen LogP contribution in [0.25, 0.3) is 0 Å². The molecular formula is C18H23FN4O4. The maximum atomic E-state index is 13.3. The number of carbonyl (C=O) groups is 3. The molecule has 2 heterocycles. The van der Waals surface area contributed by atoms with Gasteiger partial charge in [0.05, 0.1) is 26.2 Å². The molecule has 27 heavy (non-hydrogen) atoms. The Morgan fingerprint density at radius 2 is 2.07 bits per heavy atom. The first kappa shape index (κ1) is 19.2. The number of halogens is 1. The minimum Gasteiger partial charge on any atom is -0.379 e. The lowest BCUT2D eigenvalue weighted by molar-refractivity contribution is -0.131. The Hall–Kier alpha value is -2.52. The van der Waals surface area contributed by atoms with Crippen LogP contribution >= 0.6 is 0 Å². The van der Waals surface area contributed by atoms with Crippen molar-refractivity contribution in [3.05, 3.63) is 35.6 Å². The van der Waals surface area contributed by atoms with Gasteiger partial charge >= 0.3 is 6.03 Å². The molecule has 0 bridgehead atoms. The first-order valence-electron chi connectivity index (χ1n) is 8.96. The molecule has 3 rings (SSSR count). The molecule has 9 heteroatoms. The Labute approximate surface area is 156 Å². The van der Waals surface area contributed by atoms with Crippen molar-refractivity contribution in [2.24, 2.45) is 0 Å². The van der Waals surface area contributed by atoms with E-state index < -0.39 is 23.8 Å². The van der Waals surface area contributed by atoms with Gasteiger partial charge in [0, 0.05) is 26.2 Å². The number of morpholine rings is 1. The average molecular weight is 378 g/mol. The predicted octanol–water partition coefficient (Wildman–Crippen LogP) is 0.0846. The van der Waals surface area contributed by atoms with Crippen LogP contribution in [-0.4, -0.2) is 73.1 Å². The third-order valence-electron chi connectivity index (χ3n) is 4.58. The van der Waals surface area contributed by atoms with Gasteiger partial charge in [-0.05, 0) is 17.7 Å². The molecule has 0 aromatic heterocycles. The molecule has 1 aromatic carbocycles. The molecule has 0 spiro atoms. The minimum atomic E-state index is -0.894. The molecule has 4 amide bonds. The summed E-state index contributed by atoms with van der Waals surface area (Å²) in [7, 11) is 0. The lowest BCUT2D eigenvalue weighted by atomic mass is 10.1. The Morgan fingerprint density at radius 3 is 2.81 bits per heavy atom. The van der Waals surface area contributed by atoms with Crippen molar-refractivity contribution in [2.45, 2.75) is 19.0 Å². The fraction of sp³-hybridized carbons (Fsp3) is 0.500. The molecule has 1 aromatic rings. The summed E-state index contributed by atoms with van der Waals surface area (Å²) in [6.45, 7) is 4.21. The van der Waals surface area contributed by atoms with Crippen LogP contribution in [0.4, 0.5) is 9.18 Å². The van der Waals surface area contributed by atoms with E-state index in [1.807, 2.05) is 0 Å². The van der Waals surface area contributed by atoms with Gasteiger partial charge in [-0.15, -0.1) is 0 Å². The van der Waals surface area contributed by atoms with Crippen LogP contribution in [0, 0.1) is 5.82 Å². The van der Waals surface area contributed by atoms with E-state index in [-0.39, 0.29) is 18.9 Å². The van der Waals surface area contributed by atoms with Crippen LogP contribution in [0.1, 0.15) is 12.0 Å². The maximum Gasteiger partial charge on any atom is 0.325 e. The van der Waals surface area contributed by atoms with E-state index in [1.54, 1.807) is 6.07 Å². The second-order valence-corrected chi connectivity index (χ2v) is 6.56. The van der Waals surface area contributed by atoms with E-state index >= 15 is 0 Å². The fourth-order valence-electron chi connectivity index (χ4n) is 3.12. The van der Waals surface area contributed by atoms with Gasteiger partial charge in [-0.3, -0.25) is 19.4 Å². The summed E-state index contributed by atoms with van der Waals surface area (Å²) in [5.74, 6) is -1.21. The number of imide groups is 1. The maximum absolute atomic E-state index is 13.3. The van der Waals surface area contributed by atoms with Crippen molar-refractivity contribution >= 4 is 17.8 Å². The van der Waals surface area contributed by atoms with Gasteiger partial charge in [-0.1, -0.05) is 12.1 Å². The van der Waals surface area contributed by atoms with Gasteiger partial charge in [-0.2, -0.15) is 0 Å². The number of urea groups is 1. The molecule has 0 aliphatic carbocycles. The van der Waals surface area contributed by atoms with Crippen molar-refractivity contribution < 1.29 is 23.5 Å². The summed E-state index contributed by atoms with van der Waals surface area (Å²) in [4.78, 5) is 39.7. The molecule has 146 valence electrons. The molecule has 1 atom stereocenters. The van der Waals surface area contributed by atoms with Crippen LogP contribution in [0.2, 0.25) is 0 Å². The first-order chi connectivity index (χ1) is 13.0. The number of hydrogen-bond acceptors (Lipinski definition) is 5. The predicted molar refractivity (Wildman–Crippen MR) is 94.2 cm³/mol. The van der Waals surface area contributed by atoms with Crippen molar-refractivity contribution in [1.82, 2.24) is 20.4 Å². The van der Waals surface area contributed by atoms with Crippen LogP contribution in [0.3, 0.4) is 0 Å². The number of amides is 4. The summed E-state index contributed by atoms with van der Waals surface area (Å²) >= 11 is 0. The van der Waals surface area contributed by atoms with E-state index in [1.165, 1.54) is 18.2 Å². The van der Waals surface area contributed by atoms with Gasteiger partial charge in [0.15, 0.2) is 0 Å². The molecule has 0 saturated carbocycles. The van der Waals surface area contributed by atoms with E-state index in [0.717, 1.165) is 18.0 Å². The quantitative estimate of drug-likeness (QED) is 0.656. The Kier molecular flexibility index (Phi) is 6.36. The van der Waals surface area contributed by atoms with E-state index in [4.69, 9.17) is 4.74 Å². The summed E-state index contributed by atoms with van der Waals surface area (Å²) in [5.41, 5.74) is 0.508. The van der Waals surface area contributed by atoms with Crippen molar-refractivity contribution in [3.63, 3.8) is 0 Å². The molecular weight excluding hydrogens is 355 g/mol. The second-order valence-electron chi connectivity index (χ2n) is 6.56. The number of benzene rings is 1. The molecule has 2 N–H and O–H groups in total. The summed E-state index contributed by atoms with van der Waals surface area (Å²) < 4.78 is 18.5. The third-order valence-corrected chi connectivity index (χ3v) is 4.58. The topological polar surface area (TPSA) is 91.0 Å². The second kappa shape index (κ2) is 8.92. The molecule has 2 saturated heterocycles. The normalized spacial score (nSPS) is 20.6. The van der Waals surface area contributed by atoms with Gasteiger partial charge in [0.25, 0.3) is 5.91 Å². The van der Waals surface area contributed by atoms with Crippen LogP contribution < -0.4 is 10.6 Å². The van der Waals surface area contributed by atoms with E-state index in [2.05, 4.69) is 15.5 Å². The zero-order valence-corrected chi connectivity index (χ0v) is 14.9. The zero-order valence-electron chi connectivity index (χ0n) is 14.9. The van der Waals surface area contributed by atoms with Gasteiger partial charge in [0.1, 0.15) is 11.9 Å². The molecule has 2 aliphatic rings. The Morgan fingerprint density at radius 1 is 1.30 bits per heavy atom. The first-order valence-corrected chi connectivity index (χ1v) is 8.96. The van der Waals surface area contributed by atoms with Crippen molar-refractivity contribution in [2.75, 3.05) is 39.4 Å². The van der Waals surface area contributed by atoms with Crippen molar-refractivity contribution in [3.8, 4) is 0 Å². The Balaban J connectivity index is 1.45.